The van der Waals surface area contributed by atoms with Gasteiger partial charge in [-0.15, -0.1) is 0 Å². The molecule has 3 heteroatoms. The van der Waals surface area contributed by atoms with Gasteiger partial charge in [-0.25, -0.2) is 0 Å². The number of rotatable bonds is 2. The van der Waals surface area contributed by atoms with Crippen LogP contribution < -0.4 is 0 Å². The third-order valence-corrected chi connectivity index (χ3v) is 3.37. The molecule has 0 aliphatic carbocycles. The minimum Gasteiger partial charge on any atom is -0.390 e. The van der Waals surface area contributed by atoms with E-state index >= 15 is 0 Å². The van der Waals surface area contributed by atoms with Crippen LogP contribution in [0.2, 0.25) is 0 Å². The summed E-state index contributed by atoms with van der Waals surface area (Å²) in [5.41, 5.74) is 1.10. The number of benzene rings is 1. The van der Waals surface area contributed by atoms with Gasteiger partial charge in [0.2, 0.25) is 5.91 Å². The van der Waals surface area contributed by atoms with E-state index in [1.54, 1.807) is 11.8 Å². The quantitative estimate of drug-likeness (QED) is 0.817. The topological polar surface area (TPSA) is 40.5 Å². The molecule has 1 saturated heterocycles. The second-order valence-corrected chi connectivity index (χ2v) is 4.47. The Bertz CT molecular complexity index is 377. The van der Waals surface area contributed by atoms with Gasteiger partial charge < -0.3 is 10.0 Å². The molecule has 1 amide bonds. The van der Waals surface area contributed by atoms with Gasteiger partial charge in [-0.3, -0.25) is 4.79 Å². The van der Waals surface area contributed by atoms with Crippen molar-refractivity contribution in [2.45, 2.75) is 32.5 Å². The molecule has 3 nitrogen and oxygen atoms in total. The second-order valence-electron chi connectivity index (χ2n) is 4.47. The minimum absolute atomic E-state index is 0.0452. The lowest BCUT2D eigenvalue weighted by Crippen LogP contribution is -2.33. The second kappa shape index (κ2) is 4.26. The third kappa shape index (κ3) is 1.83. The van der Waals surface area contributed by atoms with Crippen molar-refractivity contribution < 1.29 is 9.90 Å². The van der Waals surface area contributed by atoms with Crippen LogP contribution in [0.4, 0.5) is 0 Å². The van der Waals surface area contributed by atoms with E-state index in [0.29, 0.717) is 6.54 Å². The Labute approximate surface area is 95.7 Å². The normalized spacial score (nSPS) is 29.8. The highest BCUT2D eigenvalue weighted by Crippen LogP contribution is 2.26. The molecule has 1 aromatic rings. The van der Waals surface area contributed by atoms with E-state index in [1.807, 2.05) is 37.3 Å². The van der Waals surface area contributed by atoms with Gasteiger partial charge in [-0.05, 0) is 12.5 Å². The Morgan fingerprint density at radius 1 is 1.25 bits per heavy atom. The standard InChI is InChI=1S/C13H17NO2/c1-9-12(15)10(2)14(13(9)16)8-11-6-4-3-5-7-11/h3-7,9-10,12,15H,8H2,1-2H3/t9-,10-,12+/m1/s1. The number of aliphatic hydroxyl groups excluding tert-OH is 1. The number of hydrogen-bond donors (Lipinski definition) is 1. The molecule has 0 spiro atoms. The van der Waals surface area contributed by atoms with Crippen molar-refractivity contribution in [1.29, 1.82) is 0 Å². The number of amides is 1. The van der Waals surface area contributed by atoms with E-state index in [0.717, 1.165) is 5.56 Å². The highest BCUT2D eigenvalue weighted by Gasteiger charge is 2.41. The van der Waals surface area contributed by atoms with Crippen LogP contribution in [0.3, 0.4) is 0 Å². The maximum absolute atomic E-state index is 11.9. The average Bonchev–Trinajstić information content (AvgIpc) is 2.48. The van der Waals surface area contributed by atoms with Crippen LogP contribution in [0.1, 0.15) is 19.4 Å². The molecule has 1 aromatic carbocycles. The highest BCUT2D eigenvalue weighted by atomic mass is 16.3. The lowest BCUT2D eigenvalue weighted by Gasteiger charge is -2.22. The molecule has 0 bridgehead atoms. The summed E-state index contributed by atoms with van der Waals surface area (Å²) in [4.78, 5) is 13.7. The summed E-state index contributed by atoms with van der Waals surface area (Å²) in [6.45, 7) is 4.27. The largest absolute Gasteiger partial charge is 0.390 e. The number of aliphatic hydroxyl groups is 1. The Morgan fingerprint density at radius 3 is 2.38 bits per heavy atom. The van der Waals surface area contributed by atoms with E-state index in [4.69, 9.17) is 0 Å². The van der Waals surface area contributed by atoms with Gasteiger partial charge in [0.25, 0.3) is 0 Å². The van der Waals surface area contributed by atoms with E-state index in [9.17, 15) is 9.90 Å². The Balaban J connectivity index is 2.14. The summed E-state index contributed by atoms with van der Waals surface area (Å²) >= 11 is 0. The van der Waals surface area contributed by atoms with Gasteiger partial charge in [-0.1, -0.05) is 37.3 Å². The molecule has 1 fully saturated rings. The summed E-state index contributed by atoms with van der Waals surface area (Å²) in [5.74, 6) is -0.234. The van der Waals surface area contributed by atoms with Gasteiger partial charge in [0.05, 0.1) is 18.1 Å². The van der Waals surface area contributed by atoms with Gasteiger partial charge in [0, 0.05) is 6.54 Å². The first-order valence-electron chi connectivity index (χ1n) is 5.63. The van der Waals surface area contributed by atoms with Crippen LogP contribution in [-0.2, 0) is 11.3 Å². The highest BCUT2D eigenvalue weighted by molar-refractivity contribution is 5.82. The Morgan fingerprint density at radius 2 is 1.88 bits per heavy atom. The molecule has 86 valence electrons. The molecule has 0 saturated carbocycles. The number of likely N-dealkylation sites (tertiary alicyclic amines) is 1. The molecule has 0 aromatic heterocycles. The fourth-order valence-corrected chi connectivity index (χ4v) is 2.21. The van der Waals surface area contributed by atoms with Crippen LogP contribution in [0, 0.1) is 5.92 Å². The van der Waals surface area contributed by atoms with E-state index in [2.05, 4.69) is 0 Å². The predicted molar refractivity (Wildman–Crippen MR) is 61.6 cm³/mol. The van der Waals surface area contributed by atoms with Crippen molar-refractivity contribution in [1.82, 2.24) is 4.90 Å². The van der Waals surface area contributed by atoms with Crippen molar-refractivity contribution in [2.24, 2.45) is 5.92 Å². The average molecular weight is 219 g/mol. The van der Waals surface area contributed by atoms with Gasteiger partial charge in [-0.2, -0.15) is 0 Å². The molecular weight excluding hydrogens is 202 g/mol. The smallest absolute Gasteiger partial charge is 0.228 e. The summed E-state index contributed by atoms with van der Waals surface area (Å²) < 4.78 is 0. The number of hydrogen-bond acceptors (Lipinski definition) is 2. The van der Waals surface area contributed by atoms with Crippen molar-refractivity contribution >= 4 is 5.91 Å². The van der Waals surface area contributed by atoms with E-state index in [-0.39, 0.29) is 17.9 Å². The molecule has 1 heterocycles. The zero-order valence-electron chi connectivity index (χ0n) is 9.63. The molecule has 3 atom stereocenters. The molecule has 2 rings (SSSR count). The zero-order valence-corrected chi connectivity index (χ0v) is 9.63. The van der Waals surface area contributed by atoms with Gasteiger partial charge in [0.15, 0.2) is 0 Å². The first-order valence-corrected chi connectivity index (χ1v) is 5.63. The molecule has 1 N–H and O–H groups in total. The van der Waals surface area contributed by atoms with Crippen molar-refractivity contribution in [3.63, 3.8) is 0 Å². The third-order valence-electron chi connectivity index (χ3n) is 3.37. The summed E-state index contributed by atoms with van der Waals surface area (Å²) in [5, 5.41) is 9.82. The van der Waals surface area contributed by atoms with Crippen molar-refractivity contribution in [3.05, 3.63) is 35.9 Å². The van der Waals surface area contributed by atoms with Gasteiger partial charge in [0.1, 0.15) is 0 Å². The zero-order chi connectivity index (χ0) is 11.7. The predicted octanol–water partition coefficient (Wildman–Crippen LogP) is 1.41. The van der Waals surface area contributed by atoms with E-state index in [1.165, 1.54) is 0 Å². The van der Waals surface area contributed by atoms with Crippen LogP contribution in [0.5, 0.6) is 0 Å². The lowest BCUT2D eigenvalue weighted by atomic mass is 10.1. The number of nitrogens with zero attached hydrogens (tertiary/aromatic N) is 1. The number of carbonyl (C=O) groups is 1. The fraction of sp³-hybridized carbons (Fsp3) is 0.462. The molecular formula is C13H17NO2. The minimum atomic E-state index is -0.545. The molecule has 0 radical (unpaired) electrons. The summed E-state index contributed by atoms with van der Waals surface area (Å²) in [6, 6.07) is 9.77. The summed E-state index contributed by atoms with van der Waals surface area (Å²) in [7, 11) is 0. The van der Waals surface area contributed by atoms with Crippen molar-refractivity contribution in [2.75, 3.05) is 0 Å². The summed E-state index contributed by atoms with van der Waals surface area (Å²) in [6.07, 6.45) is -0.545. The molecule has 1 aliphatic rings. The monoisotopic (exact) mass is 219 g/mol. The first-order chi connectivity index (χ1) is 7.61. The van der Waals surface area contributed by atoms with Crippen LogP contribution in [-0.4, -0.2) is 28.1 Å². The first kappa shape index (κ1) is 11.1. The molecule has 1 aliphatic heterocycles. The Hall–Kier alpha value is -1.35. The van der Waals surface area contributed by atoms with Crippen LogP contribution in [0.25, 0.3) is 0 Å². The van der Waals surface area contributed by atoms with Crippen LogP contribution >= 0.6 is 0 Å². The van der Waals surface area contributed by atoms with Gasteiger partial charge >= 0.3 is 0 Å². The fourth-order valence-electron chi connectivity index (χ4n) is 2.21. The molecule has 0 unspecified atom stereocenters. The maximum atomic E-state index is 11.9. The maximum Gasteiger partial charge on any atom is 0.228 e. The Kier molecular flexibility index (Phi) is 2.97. The number of carbonyl (C=O) groups excluding carboxylic acids is 1. The lowest BCUT2D eigenvalue weighted by molar-refractivity contribution is -0.132. The van der Waals surface area contributed by atoms with Crippen molar-refractivity contribution in [3.8, 4) is 0 Å². The molecule has 16 heavy (non-hydrogen) atoms. The van der Waals surface area contributed by atoms with E-state index < -0.39 is 6.10 Å². The van der Waals surface area contributed by atoms with Crippen LogP contribution in [0.15, 0.2) is 30.3 Å². The SMILES string of the molecule is C[C@@H]1[C@@H](O)[C@@H](C)C(=O)N1Cc1ccccc1.